The molecule has 0 saturated heterocycles. The molecule has 0 bridgehead atoms. The second-order valence-corrected chi connectivity index (χ2v) is 6.08. The Balaban J connectivity index is 2.23. The van der Waals surface area contributed by atoms with E-state index in [0.29, 0.717) is 0 Å². The minimum atomic E-state index is -0.436. The Hall–Kier alpha value is -0.730. The number of rotatable bonds is 3. The van der Waals surface area contributed by atoms with Gasteiger partial charge in [-0.25, -0.2) is 4.79 Å². The van der Waals surface area contributed by atoms with E-state index in [1.54, 1.807) is 0 Å². The second-order valence-electron chi connectivity index (χ2n) is 6.08. The monoisotopic (exact) mass is 240 g/mol. The summed E-state index contributed by atoms with van der Waals surface area (Å²) in [5.74, 6) is 0.723. The van der Waals surface area contributed by atoms with E-state index < -0.39 is 5.60 Å². The van der Waals surface area contributed by atoms with Gasteiger partial charge < -0.3 is 10.1 Å². The Bertz CT molecular complexity index is 239. The first-order valence-corrected chi connectivity index (χ1v) is 6.69. The Morgan fingerprint density at radius 3 is 2.47 bits per heavy atom. The van der Waals surface area contributed by atoms with Crippen LogP contribution in [0.15, 0.2) is 0 Å². The molecule has 1 saturated carbocycles. The lowest BCUT2D eigenvalue weighted by Gasteiger charge is -2.26. The van der Waals surface area contributed by atoms with Crippen molar-refractivity contribution in [3.05, 3.63) is 6.92 Å². The number of carbonyl (C=O) groups excluding carboxylic acids is 1. The van der Waals surface area contributed by atoms with Crippen LogP contribution in [0.1, 0.15) is 59.3 Å². The molecule has 0 aromatic rings. The second kappa shape index (κ2) is 6.27. The van der Waals surface area contributed by atoms with Gasteiger partial charge in [0.1, 0.15) is 5.60 Å². The Kier molecular flexibility index (Phi) is 5.29. The van der Waals surface area contributed by atoms with E-state index in [2.05, 4.69) is 12.2 Å². The molecule has 3 nitrogen and oxygen atoms in total. The zero-order valence-electron chi connectivity index (χ0n) is 11.4. The van der Waals surface area contributed by atoms with Gasteiger partial charge in [-0.2, -0.15) is 0 Å². The van der Waals surface area contributed by atoms with E-state index in [-0.39, 0.29) is 12.1 Å². The Morgan fingerprint density at radius 1 is 1.35 bits per heavy atom. The van der Waals surface area contributed by atoms with E-state index in [0.717, 1.165) is 12.3 Å². The smallest absolute Gasteiger partial charge is 0.407 e. The lowest BCUT2D eigenvalue weighted by molar-refractivity contribution is 0.0507. The summed E-state index contributed by atoms with van der Waals surface area (Å²) in [6, 6.07) is -0.0343. The highest BCUT2D eigenvalue weighted by molar-refractivity contribution is 5.68. The van der Waals surface area contributed by atoms with Crippen molar-refractivity contribution in [3.8, 4) is 0 Å². The summed E-state index contributed by atoms with van der Waals surface area (Å²) in [5.41, 5.74) is -0.436. The predicted molar refractivity (Wildman–Crippen MR) is 69.7 cm³/mol. The highest BCUT2D eigenvalue weighted by Gasteiger charge is 2.20. The van der Waals surface area contributed by atoms with Crippen molar-refractivity contribution in [2.75, 3.05) is 0 Å². The van der Waals surface area contributed by atoms with Crippen molar-refractivity contribution in [2.45, 2.75) is 70.9 Å². The first-order valence-electron chi connectivity index (χ1n) is 6.69. The summed E-state index contributed by atoms with van der Waals surface area (Å²) < 4.78 is 5.21. The fourth-order valence-corrected chi connectivity index (χ4v) is 2.36. The molecule has 1 amide bonds. The van der Waals surface area contributed by atoms with E-state index in [9.17, 15) is 4.79 Å². The van der Waals surface area contributed by atoms with Crippen LogP contribution in [0.2, 0.25) is 0 Å². The predicted octanol–water partition coefficient (Wildman–Crippen LogP) is 3.68. The molecular weight excluding hydrogens is 214 g/mol. The molecule has 1 unspecified atom stereocenters. The summed E-state index contributed by atoms with van der Waals surface area (Å²) in [6.07, 6.45) is 7.18. The van der Waals surface area contributed by atoms with Crippen LogP contribution < -0.4 is 5.32 Å². The standard InChI is InChI=1S/C14H26NO2/c1-11(10-12-8-6-5-7-9-12)15-13(16)17-14(2,3)4/h11-12H,1,5-10H2,2-4H3,(H,15,16). The number of carbonyl (C=O) groups is 1. The Morgan fingerprint density at radius 2 is 1.94 bits per heavy atom. The van der Waals surface area contributed by atoms with Gasteiger partial charge in [-0.1, -0.05) is 32.1 Å². The van der Waals surface area contributed by atoms with Gasteiger partial charge in [-0.3, -0.25) is 0 Å². The minimum Gasteiger partial charge on any atom is -0.444 e. The van der Waals surface area contributed by atoms with Crippen molar-refractivity contribution < 1.29 is 9.53 Å². The van der Waals surface area contributed by atoms with Crippen molar-refractivity contribution >= 4 is 6.09 Å². The molecule has 0 aliphatic heterocycles. The third-order valence-corrected chi connectivity index (χ3v) is 3.06. The van der Waals surface area contributed by atoms with Crippen LogP contribution >= 0.6 is 0 Å². The van der Waals surface area contributed by atoms with E-state index in [4.69, 9.17) is 4.74 Å². The fraction of sp³-hybridized carbons (Fsp3) is 0.857. The molecule has 99 valence electrons. The molecular formula is C14H26NO2. The van der Waals surface area contributed by atoms with Crippen LogP contribution in [0.4, 0.5) is 4.79 Å². The molecule has 1 rings (SSSR count). The van der Waals surface area contributed by atoms with Gasteiger partial charge in [0.05, 0.1) is 0 Å². The van der Waals surface area contributed by atoms with Crippen LogP contribution in [0.5, 0.6) is 0 Å². The van der Waals surface area contributed by atoms with Crippen molar-refractivity contribution in [2.24, 2.45) is 5.92 Å². The van der Waals surface area contributed by atoms with Gasteiger partial charge in [-0.15, -0.1) is 0 Å². The average Bonchev–Trinajstić information content (AvgIpc) is 2.15. The highest BCUT2D eigenvalue weighted by Crippen LogP contribution is 2.27. The number of hydrogen-bond acceptors (Lipinski definition) is 2. The fourth-order valence-electron chi connectivity index (χ4n) is 2.36. The van der Waals surface area contributed by atoms with Crippen LogP contribution in [-0.4, -0.2) is 17.7 Å². The lowest BCUT2D eigenvalue weighted by atomic mass is 9.85. The minimum absolute atomic E-state index is 0.0343. The van der Waals surface area contributed by atoms with Crippen LogP contribution in [0.3, 0.4) is 0 Å². The van der Waals surface area contributed by atoms with Gasteiger partial charge in [0, 0.05) is 6.04 Å². The van der Waals surface area contributed by atoms with Crippen molar-refractivity contribution in [1.29, 1.82) is 0 Å². The number of amides is 1. The summed E-state index contributed by atoms with van der Waals surface area (Å²) in [6.45, 7) is 9.59. The first-order chi connectivity index (χ1) is 7.87. The molecule has 0 aromatic carbocycles. The maximum absolute atomic E-state index is 11.5. The van der Waals surface area contributed by atoms with Gasteiger partial charge in [-0.05, 0) is 40.0 Å². The maximum Gasteiger partial charge on any atom is 0.407 e. The Labute approximate surface area is 105 Å². The summed E-state index contributed by atoms with van der Waals surface area (Å²) in [7, 11) is 0. The molecule has 0 aromatic heterocycles. The summed E-state index contributed by atoms with van der Waals surface area (Å²) >= 11 is 0. The molecule has 0 spiro atoms. The molecule has 3 heteroatoms. The molecule has 1 fully saturated rings. The molecule has 1 N–H and O–H groups in total. The maximum atomic E-state index is 11.5. The van der Waals surface area contributed by atoms with E-state index >= 15 is 0 Å². The molecule has 1 aliphatic carbocycles. The molecule has 0 heterocycles. The van der Waals surface area contributed by atoms with Gasteiger partial charge in [0.25, 0.3) is 0 Å². The van der Waals surface area contributed by atoms with E-state index in [1.807, 2.05) is 20.8 Å². The summed E-state index contributed by atoms with van der Waals surface area (Å²) in [4.78, 5) is 11.5. The van der Waals surface area contributed by atoms with Crippen LogP contribution in [0.25, 0.3) is 0 Å². The zero-order valence-corrected chi connectivity index (χ0v) is 11.4. The van der Waals surface area contributed by atoms with Crippen molar-refractivity contribution in [3.63, 3.8) is 0 Å². The van der Waals surface area contributed by atoms with Gasteiger partial charge in [0.15, 0.2) is 0 Å². The number of alkyl carbamates (subject to hydrolysis) is 1. The lowest BCUT2D eigenvalue weighted by Crippen LogP contribution is -2.38. The first kappa shape index (κ1) is 14.3. The third-order valence-electron chi connectivity index (χ3n) is 3.06. The van der Waals surface area contributed by atoms with Gasteiger partial charge >= 0.3 is 6.09 Å². The SMILES string of the molecule is [CH2]C(CC1CCCCC1)NC(=O)OC(C)(C)C. The number of nitrogens with one attached hydrogen (secondary N) is 1. The average molecular weight is 240 g/mol. The normalized spacial score (nSPS) is 19.8. The topological polar surface area (TPSA) is 38.3 Å². The highest BCUT2D eigenvalue weighted by atomic mass is 16.6. The van der Waals surface area contributed by atoms with Crippen molar-refractivity contribution in [1.82, 2.24) is 5.32 Å². The van der Waals surface area contributed by atoms with Crippen LogP contribution in [-0.2, 0) is 4.74 Å². The largest absolute Gasteiger partial charge is 0.444 e. The number of ether oxygens (including phenoxy) is 1. The third kappa shape index (κ3) is 6.54. The molecule has 1 radical (unpaired) electrons. The molecule has 1 aliphatic rings. The zero-order chi connectivity index (χ0) is 12.9. The van der Waals surface area contributed by atoms with Crippen LogP contribution in [0, 0.1) is 12.8 Å². The summed E-state index contributed by atoms with van der Waals surface area (Å²) in [5, 5.41) is 2.81. The van der Waals surface area contributed by atoms with E-state index in [1.165, 1.54) is 32.1 Å². The van der Waals surface area contributed by atoms with Gasteiger partial charge in [0.2, 0.25) is 0 Å². The molecule has 17 heavy (non-hydrogen) atoms. The molecule has 1 atom stereocenters. The number of hydrogen-bond donors (Lipinski definition) is 1. The quantitative estimate of drug-likeness (QED) is 0.817.